The first kappa shape index (κ1) is 38.8. The first-order valence-electron chi connectivity index (χ1n) is 17.0. The second kappa shape index (κ2) is 12.4. The molecule has 2 aromatic heterocycles. The van der Waals surface area contributed by atoms with Crippen LogP contribution in [0.25, 0.3) is 32.0 Å². The fourth-order valence-corrected chi connectivity index (χ4v) is 12.5. The number of carboxylic acids is 1. The lowest BCUT2D eigenvalue weighted by Crippen LogP contribution is -2.41. The summed E-state index contributed by atoms with van der Waals surface area (Å²) in [4.78, 5) is 14.2. The smallest absolute Gasteiger partial charge is 0.313 e. The van der Waals surface area contributed by atoms with E-state index in [0.717, 1.165) is 37.9 Å². The van der Waals surface area contributed by atoms with E-state index in [1.165, 1.54) is 17.4 Å². The Morgan fingerprint density at radius 2 is 1.52 bits per heavy atom. The van der Waals surface area contributed by atoms with Crippen molar-refractivity contribution in [2.75, 3.05) is 17.7 Å². The van der Waals surface area contributed by atoms with Gasteiger partial charge >= 0.3 is 16.1 Å². The molecule has 4 heterocycles. The van der Waals surface area contributed by atoms with E-state index in [4.69, 9.17) is 4.74 Å². The van der Waals surface area contributed by atoms with E-state index in [1.54, 1.807) is 24.3 Å². The Morgan fingerprint density at radius 1 is 0.839 bits per heavy atom. The van der Waals surface area contributed by atoms with Gasteiger partial charge < -0.3 is 14.7 Å². The van der Waals surface area contributed by atoms with Crippen LogP contribution in [0.5, 0.6) is 11.5 Å². The van der Waals surface area contributed by atoms with Crippen molar-refractivity contribution in [3.63, 3.8) is 0 Å². The van der Waals surface area contributed by atoms with Crippen LogP contribution in [0.15, 0.2) is 56.5 Å². The van der Waals surface area contributed by atoms with Crippen molar-refractivity contribution in [3.8, 4) is 32.4 Å². The monoisotopic (exact) mass is 857 g/mol. The van der Waals surface area contributed by atoms with Crippen molar-refractivity contribution >= 4 is 77.5 Å². The largest absolute Gasteiger partial charge is 0.481 e. The van der Waals surface area contributed by atoms with E-state index in [2.05, 4.69) is 24.8 Å². The predicted octanol–water partition coefficient (Wildman–Crippen LogP) is 7.90. The summed E-state index contributed by atoms with van der Waals surface area (Å²) in [5.41, 5.74) is 2.27. The van der Waals surface area contributed by atoms with Crippen LogP contribution in [0.2, 0.25) is 0 Å². The standard InChI is InChI=1S/C39H33F2NO9S5/c1-16-8-24-36(53-16)20-10-22-28(14-26(20)42(7)39(24,5)6)51-27-11-18-17(2)38(3,4)23-12-31(55(45,46)47)54-35(23)19(18)9-21(27)32(22)33-34(41)29(52-15-30(43)44)13-25(40)37(33)56(48,49)50/h8-14H,15H2,1-7H3,(H,43,44)(H,45,46,47)(H,48,49,50). The van der Waals surface area contributed by atoms with Gasteiger partial charge in [0, 0.05) is 76.8 Å². The van der Waals surface area contributed by atoms with Gasteiger partial charge in [-0.2, -0.15) is 16.8 Å². The lowest BCUT2D eigenvalue weighted by atomic mass is 9.73. The number of nitrogens with zero attached hydrogens (tertiary/aromatic N) is 1. The fraction of sp³-hybridized carbons (Fsp3) is 0.256. The van der Waals surface area contributed by atoms with Gasteiger partial charge in [-0.15, -0.1) is 34.4 Å². The maximum Gasteiger partial charge on any atom is 0.313 e. The topological polar surface area (TPSA) is 159 Å². The molecule has 2 aliphatic heterocycles. The molecule has 0 fully saturated rings. The van der Waals surface area contributed by atoms with Crippen molar-refractivity contribution in [3.05, 3.63) is 91.7 Å². The molecule has 8 rings (SSSR count). The summed E-state index contributed by atoms with van der Waals surface area (Å²) < 4.78 is 111. The molecule has 56 heavy (non-hydrogen) atoms. The van der Waals surface area contributed by atoms with Crippen LogP contribution in [-0.4, -0.2) is 49.8 Å². The summed E-state index contributed by atoms with van der Waals surface area (Å²) in [7, 11) is -8.18. The van der Waals surface area contributed by atoms with Gasteiger partial charge in [-0.1, -0.05) is 19.4 Å². The number of hydrogen-bond donors (Lipinski definition) is 3. The number of carbonyl (C=O) groups is 1. The highest BCUT2D eigenvalue weighted by atomic mass is 32.3. The predicted molar refractivity (Wildman–Crippen MR) is 213 cm³/mol. The number of anilines is 1. The maximum atomic E-state index is 17.2. The van der Waals surface area contributed by atoms with Crippen LogP contribution >= 0.6 is 34.4 Å². The van der Waals surface area contributed by atoms with Gasteiger partial charge in [0.1, 0.15) is 32.2 Å². The quantitative estimate of drug-likeness (QED) is 0.111. The minimum atomic E-state index is -5.48. The van der Waals surface area contributed by atoms with Crippen molar-refractivity contribution in [2.24, 2.45) is 0 Å². The Kier molecular flexibility index (Phi) is 8.62. The zero-order chi connectivity index (χ0) is 40.8. The van der Waals surface area contributed by atoms with E-state index >= 15 is 8.78 Å². The van der Waals surface area contributed by atoms with Crippen molar-refractivity contribution in [1.82, 2.24) is 0 Å². The fourth-order valence-electron chi connectivity index (χ4n) is 7.85. The third kappa shape index (κ3) is 5.68. The van der Waals surface area contributed by atoms with Crippen molar-refractivity contribution in [1.29, 1.82) is 0 Å². The Morgan fingerprint density at radius 3 is 2.16 bits per heavy atom. The molecule has 0 spiro atoms. The molecule has 0 amide bonds. The number of aliphatic carboxylic acids is 1. The molecule has 3 aromatic carbocycles. The van der Waals surface area contributed by atoms with Crippen LogP contribution in [0.1, 0.15) is 61.7 Å². The van der Waals surface area contributed by atoms with E-state index in [0.29, 0.717) is 44.6 Å². The van der Waals surface area contributed by atoms with Gasteiger partial charge in [0.15, 0.2) is 0 Å². The van der Waals surface area contributed by atoms with Gasteiger partial charge in [-0.05, 0) is 80.4 Å². The Hall–Kier alpha value is -4.10. The Bertz CT molecular complexity index is 3000. The molecule has 10 nitrogen and oxygen atoms in total. The lowest BCUT2D eigenvalue weighted by Gasteiger charge is -2.43. The molecule has 3 aliphatic rings. The van der Waals surface area contributed by atoms with Gasteiger partial charge in [0.2, 0.25) is 0 Å². The molecule has 0 saturated carbocycles. The average molecular weight is 858 g/mol. The average Bonchev–Trinajstić information content (AvgIpc) is 3.74. The van der Waals surface area contributed by atoms with E-state index in [1.807, 2.05) is 34.7 Å². The maximum absolute atomic E-state index is 17.2. The molecule has 0 unspecified atom stereocenters. The first-order valence-corrected chi connectivity index (χ1v) is 22.5. The van der Waals surface area contributed by atoms with Crippen LogP contribution in [-0.2, 0) is 36.0 Å². The second-order valence-electron chi connectivity index (χ2n) is 15.0. The molecular formula is C39H33F2NO9S5. The minimum absolute atomic E-state index is 0.0899. The molecule has 0 bridgehead atoms. The molecule has 5 aromatic rings. The highest BCUT2D eigenvalue weighted by Crippen LogP contribution is 2.55. The van der Waals surface area contributed by atoms with Gasteiger partial charge in [-0.3, -0.25) is 13.9 Å². The number of ether oxygens (including phenoxy) is 1. The van der Waals surface area contributed by atoms with Gasteiger partial charge in [-0.25, -0.2) is 8.78 Å². The lowest BCUT2D eigenvalue weighted by molar-refractivity contribution is -0.133. The highest BCUT2D eigenvalue weighted by molar-refractivity contribution is 8.00. The number of fused-ring (bicyclic) bond motifs is 8. The molecule has 0 radical (unpaired) electrons. The molecule has 0 atom stereocenters. The van der Waals surface area contributed by atoms with Gasteiger partial charge in [0.05, 0.1) is 11.3 Å². The van der Waals surface area contributed by atoms with Gasteiger partial charge in [0.25, 0.3) is 10.1 Å². The molecule has 1 aliphatic carbocycles. The molecule has 3 N–H and O–H groups in total. The number of halogens is 2. The molecule has 292 valence electrons. The summed E-state index contributed by atoms with van der Waals surface area (Å²) in [6.07, 6.45) is 0. The number of rotatable bonds is 6. The summed E-state index contributed by atoms with van der Waals surface area (Å²) in [5.74, 6) is -4.49. The number of benzene rings is 3. The number of hydrogen-bond acceptors (Lipinski definition) is 10. The summed E-state index contributed by atoms with van der Waals surface area (Å²) in [6, 6.07) is 10.8. The first-order chi connectivity index (χ1) is 25.9. The summed E-state index contributed by atoms with van der Waals surface area (Å²) in [6.45, 7) is 11.8. The second-order valence-corrected chi connectivity index (χ2v) is 21.4. The van der Waals surface area contributed by atoms with Crippen LogP contribution in [0.4, 0.5) is 14.5 Å². The highest BCUT2D eigenvalue weighted by Gasteiger charge is 2.41. The van der Waals surface area contributed by atoms with Crippen LogP contribution in [0, 0.1) is 18.6 Å². The molecular weight excluding hydrogens is 825 g/mol. The third-order valence-corrected chi connectivity index (χ3v) is 16.6. The minimum Gasteiger partial charge on any atom is -0.481 e. The van der Waals surface area contributed by atoms with E-state index in [-0.39, 0.29) is 32.1 Å². The third-order valence-electron chi connectivity index (χ3n) is 11.2. The zero-order valence-corrected chi connectivity index (χ0v) is 34.9. The molecule has 17 heteroatoms. The summed E-state index contributed by atoms with van der Waals surface area (Å²) in [5, 5.41) is 10.1. The number of thioether (sulfide) groups is 1. The zero-order valence-electron chi connectivity index (χ0n) is 30.8. The summed E-state index contributed by atoms with van der Waals surface area (Å²) >= 11 is 2.80. The van der Waals surface area contributed by atoms with E-state index in [9.17, 15) is 35.8 Å². The number of aryl methyl sites for hydroxylation is 1. The Balaban J connectivity index is 1.58. The number of thiophene rings is 2. The normalized spacial score (nSPS) is 16.3. The van der Waals surface area contributed by atoms with Crippen LogP contribution < -0.4 is 20.1 Å². The van der Waals surface area contributed by atoms with Crippen LogP contribution in [0.3, 0.4) is 0 Å². The molecule has 0 saturated heterocycles. The SMILES string of the molecule is CC1=c2cc3c(cc2-c2sc(S(=O)(=O)O)cc2C1(C)C)=C(c1c(F)c(SCC(=O)O)cc(F)c1S(=O)(=O)O)c1cc2c(cc1O3)N(C)C(C)(C)c1cc(C)sc1-2. The van der Waals surface area contributed by atoms with E-state index < -0.39 is 69.9 Å². The number of carboxylic acid groups (broad SMARTS) is 1. The van der Waals surface area contributed by atoms with Crippen molar-refractivity contribution in [2.45, 2.75) is 66.5 Å². The van der Waals surface area contributed by atoms with Crippen molar-refractivity contribution < 1.29 is 49.4 Å². The Labute approximate surface area is 333 Å².